The maximum Gasteiger partial charge on any atom is 0.242 e. The lowest BCUT2D eigenvalue weighted by Gasteiger charge is -2.31. The Bertz CT molecular complexity index is 231. The Kier molecular flexibility index (Phi) is 4.07. The molecule has 14 heavy (non-hydrogen) atoms. The summed E-state index contributed by atoms with van der Waals surface area (Å²) >= 11 is 0. The molecule has 0 aromatic rings. The van der Waals surface area contributed by atoms with Gasteiger partial charge in [-0.2, -0.15) is 0 Å². The summed E-state index contributed by atoms with van der Waals surface area (Å²) in [6.07, 6.45) is 0. The van der Waals surface area contributed by atoms with Crippen LogP contribution in [-0.2, 0) is 9.59 Å². The largest absolute Gasteiger partial charge is 0.368 e. The minimum absolute atomic E-state index is 0.0853. The number of hydrogen-bond acceptors (Lipinski definition) is 3. The third-order valence-corrected chi connectivity index (χ3v) is 1.76. The van der Waals surface area contributed by atoms with E-state index in [1.807, 2.05) is 13.8 Å². The second-order valence-corrected chi connectivity index (χ2v) is 4.21. The highest BCUT2D eigenvalue weighted by Crippen LogP contribution is 2.07. The van der Waals surface area contributed by atoms with E-state index >= 15 is 0 Å². The average molecular weight is 201 g/mol. The first-order chi connectivity index (χ1) is 6.16. The van der Waals surface area contributed by atoms with Crippen molar-refractivity contribution in [3.63, 3.8) is 0 Å². The first-order valence-electron chi connectivity index (χ1n) is 4.54. The van der Waals surface area contributed by atoms with Crippen LogP contribution in [0.15, 0.2) is 0 Å². The Labute approximate surface area is 84.4 Å². The van der Waals surface area contributed by atoms with E-state index in [-0.39, 0.29) is 18.5 Å². The average Bonchev–Trinajstić information content (AvgIpc) is 1.96. The zero-order valence-electron chi connectivity index (χ0n) is 9.20. The number of primary amides is 1. The van der Waals surface area contributed by atoms with Crippen LogP contribution in [0.1, 0.15) is 27.7 Å². The Balaban J connectivity index is 4.67. The van der Waals surface area contributed by atoms with Crippen LogP contribution in [0.3, 0.4) is 0 Å². The van der Waals surface area contributed by atoms with Gasteiger partial charge in [-0.1, -0.05) is 0 Å². The normalized spacial score (nSPS) is 11.6. The quantitative estimate of drug-likeness (QED) is 0.639. The predicted octanol–water partition coefficient (Wildman–Crippen LogP) is -0.554. The van der Waals surface area contributed by atoms with Gasteiger partial charge in [0.2, 0.25) is 11.8 Å². The lowest BCUT2D eigenvalue weighted by Crippen LogP contribution is -2.55. The van der Waals surface area contributed by atoms with Crippen LogP contribution in [0.2, 0.25) is 0 Å². The van der Waals surface area contributed by atoms with E-state index in [1.165, 1.54) is 4.90 Å². The molecule has 82 valence electrons. The Morgan fingerprint density at radius 1 is 1.36 bits per heavy atom. The lowest BCUT2D eigenvalue weighted by atomic mass is 10.0. The predicted molar refractivity (Wildman–Crippen MR) is 54.3 cm³/mol. The number of carbonyl (C=O) groups excluding carboxylic acids is 2. The molecule has 0 aromatic heterocycles. The smallest absolute Gasteiger partial charge is 0.242 e. The fraction of sp³-hybridized carbons (Fsp3) is 0.778. The Morgan fingerprint density at radius 3 is 2.00 bits per heavy atom. The van der Waals surface area contributed by atoms with Gasteiger partial charge in [-0.15, -0.1) is 0 Å². The molecule has 0 radical (unpaired) electrons. The van der Waals surface area contributed by atoms with E-state index in [9.17, 15) is 9.59 Å². The maximum atomic E-state index is 11.7. The van der Waals surface area contributed by atoms with Gasteiger partial charge < -0.3 is 16.4 Å². The van der Waals surface area contributed by atoms with Crippen LogP contribution in [0.25, 0.3) is 0 Å². The molecular formula is C9H19N3O2. The SMILES string of the molecule is CC(C)N(CC(N)=O)C(=O)C(C)(C)N. The van der Waals surface area contributed by atoms with Gasteiger partial charge in [0.1, 0.15) is 0 Å². The molecule has 0 aliphatic carbocycles. The van der Waals surface area contributed by atoms with Crippen LogP contribution in [0, 0.1) is 0 Å². The minimum atomic E-state index is -0.973. The Hall–Kier alpha value is -1.10. The fourth-order valence-electron chi connectivity index (χ4n) is 1.03. The molecule has 0 aromatic carbocycles. The fourth-order valence-corrected chi connectivity index (χ4v) is 1.03. The molecule has 0 aliphatic rings. The number of nitrogens with two attached hydrogens (primary N) is 2. The van der Waals surface area contributed by atoms with Crippen LogP contribution in [-0.4, -0.2) is 34.8 Å². The summed E-state index contributed by atoms with van der Waals surface area (Å²) in [6.45, 7) is 6.74. The summed E-state index contributed by atoms with van der Waals surface area (Å²) in [6, 6.07) is -0.0853. The summed E-state index contributed by atoms with van der Waals surface area (Å²) in [7, 11) is 0. The Morgan fingerprint density at radius 2 is 1.79 bits per heavy atom. The maximum absolute atomic E-state index is 11.7. The van der Waals surface area contributed by atoms with Crippen molar-refractivity contribution in [1.82, 2.24) is 4.90 Å². The second kappa shape index (κ2) is 4.41. The van der Waals surface area contributed by atoms with E-state index in [0.717, 1.165) is 0 Å². The van der Waals surface area contributed by atoms with Crippen LogP contribution in [0.5, 0.6) is 0 Å². The zero-order valence-corrected chi connectivity index (χ0v) is 9.20. The number of carbonyl (C=O) groups is 2. The van der Waals surface area contributed by atoms with E-state index in [1.54, 1.807) is 13.8 Å². The van der Waals surface area contributed by atoms with Gasteiger partial charge in [0, 0.05) is 6.04 Å². The molecule has 0 bridgehead atoms. The van der Waals surface area contributed by atoms with Gasteiger partial charge in [0.15, 0.2) is 0 Å². The molecule has 0 rings (SSSR count). The molecule has 0 spiro atoms. The van der Waals surface area contributed by atoms with Gasteiger partial charge in [-0.3, -0.25) is 9.59 Å². The molecule has 5 nitrogen and oxygen atoms in total. The topological polar surface area (TPSA) is 89.4 Å². The molecular weight excluding hydrogens is 182 g/mol. The van der Waals surface area contributed by atoms with Crippen molar-refractivity contribution in [2.24, 2.45) is 11.5 Å². The molecule has 0 saturated carbocycles. The molecule has 0 atom stereocenters. The number of amides is 2. The molecule has 4 N–H and O–H groups in total. The van der Waals surface area contributed by atoms with Gasteiger partial charge in [0.25, 0.3) is 0 Å². The molecule has 0 aliphatic heterocycles. The second-order valence-electron chi connectivity index (χ2n) is 4.21. The number of rotatable bonds is 4. The van der Waals surface area contributed by atoms with Gasteiger partial charge in [-0.25, -0.2) is 0 Å². The van der Waals surface area contributed by atoms with Crippen LogP contribution < -0.4 is 11.5 Å². The molecule has 0 unspecified atom stereocenters. The van der Waals surface area contributed by atoms with Gasteiger partial charge in [-0.05, 0) is 27.7 Å². The molecule has 0 heterocycles. The summed E-state index contributed by atoms with van der Waals surface area (Å²) < 4.78 is 0. The van der Waals surface area contributed by atoms with Gasteiger partial charge in [0.05, 0.1) is 12.1 Å². The molecule has 2 amide bonds. The minimum Gasteiger partial charge on any atom is -0.368 e. The zero-order chi connectivity index (χ0) is 11.5. The highest BCUT2D eigenvalue weighted by molar-refractivity contribution is 5.89. The van der Waals surface area contributed by atoms with Crippen LogP contribution >= 0.6 is 0 Å². The molecule has 0 saturated heterocycles. The van der Waals surface area contributed by atoms with Crippen molar-refractivity contribution in [2.45, 2.75) is 39.3 Å². The highest BCUT2D eigenvalue weighted by Gasteiger charge is 2.30. The van der Waals surface area contributed by atoms with Crippen molar-refractivity contribution >= 4 is 11.8 Å². The standard InChI is InChI=1S/C9H19N3O2/c1-6(2)12(5-7(10)13)8(14)9(3,4)11/h6H,5,11H2,1-4H3,(H2,10,13). The highest BCUT2D eigenvalue weighted by atomic mass is 16.2. The molecule has 0 fully saturated rings. The summed E-state index contributed by atoms with van der Waals surface area (Å²) in [4.78, 5) is 23.8. The van der Waals surface area contributed by atoms with Crippen molar-refractivity contribution in [3.05, 3.63) is 0 Å². The van der Waals surface area contributed by atoms with Crippen molar-refractivity contribution in [1.29, 1.82) is 0 Å². The first-order valence-corrected chi connectivity index (χ1v) is 4.54. The van der Waals surface area contributed by atoms with Crippen molar-refractivity contribution < 1.29 is 9.59 Å². The van der Waals surface area contributed by atoms with E-state index < -0.39 is 11.4 Å². The van der Waals surface area contributed by atoms with Crippen molar-refractivity contribution in [3.8, 4) is 0 Å². The van der Waals surface area contributed by atoms with E-state index in [2.05, 4.69) is 0 Å². The number of hydrogen-bond donors (Lipinski definition) is 2. The van der Waals surface area contributed by atoms with E-state index in [0.29, 0.717) is 0 Å². The summed E-state index contributed by atoms with van der Waals surface area (Å²) in [5, 5.41) is 0. The first kappa shape index (κ1) is 12.9. The van der Waals surface area contributed by atoms with E-state index in [4.69, 9.17) is 11.5 Å². The van der Waals surface area contributed by atoms with Crippen molar-refractivity contribution in [2.75, 3.05) is 6.54 Å². The van der Waals surface area contributed by atoms with Gasteiger partial charge >= 0.3 is 0 Å². The summed E-state index contributed by atoms with van der Waals surface area (Å²) in [5.74, 6) is -0.803. The monoisotopic (exact) mass is 201 g/mol. The third-order valence-electron chi connectivity index (χ3n) is 1.76. The number of nitrogens with zero attached hydrogens (tertiary/aromatic N) is 1. The third kappa shape index (κ3) is 3.74. The summed E-state index contributed by atoms with van der Waals surface area (Å²) in [5.41, 5.74) is 9.72. The molecule has 5 heteroatoms. The lowest BCUT2D eigenvalue weighted by molar-refractivity contribution is -0.140. The van der Waals surface area contributed by atoms with Crippen LogP contribution in [0.4, 0.5) is 0 Å².